The van der Waals surface area contributed by atoms with E-state index in [1.165, 1.54) is 6.07 Å². The second-order valence-corrected chi connectivity index (χ2v) is 5.52. The van der Waals surface area contributed by atoms with E-state index in [0.29, 0.717) is 6.54 Å². The van der Waals surface area contributed by atoms with Crippen LogP contribution in [0.2, 0.25) is 0 Å². The number of nitrogens with two attached hydrogens (primary N) is 2. The summed E-state index contributed by atoms with van der Waals surface area (Å²) < 4.78 is 13.8. The van der Waals surface area contributed by atoms with Gasteiger partial charge in [-0.1, -0.05) is 6.42 Å². The zero-order valence-corrected chi connectivity index (χ0v) is 12.0. The third-order valence-corrected chi connectivity index (χ3v) is 4.19. The van der Waals surface area contributed by atoms with Gasteiger partial charge in [0.05, 0.1) is 0 Å². The van der Waals surface area contributed by atoms with E-state index in [1.807, 2.05) is 0 Å². The number of halogens is 1. The first kappa shape index (κ1) is 15.4. The zero-order chi connectivity index (χ0) is 15.6. The van der Waals surface area contributed by atoms with E-state index < -0.39 is 11.7 Å². The van der Waals surface area contributed by atoms with Gasteiger partial charge < -0.3 is 16.8 Å². The molecule has 1 aliphatic rings. The van der Waals surface area contributed by atoms with Crippen LogP contribution in [0, 0.1) is 24.6 Å². The third kappa shape index (κ3) is 3.21. The highest BCUT2D eigenvalue weighted by molar-refractivity contribution is 5.97. The molecule has 1 fully saturated rings. The lowest BCUT2D eigenvalue weighted by Crippen LogP contribution is -2.30. The SMILES string of the molecule is Cc1c(F)cc(C(N)=O)cc1NC(=O)C1CCCC1CN. The van der Waals surface area contributed by atoms with Crippen LogP contribution in [0.5, 0.6) is 0 Å². The normalized spacial score (nSPS) is 21.3. The Bertz CT molecular complexity index is 574. The molecule has 0 bridgehead atoms. The number of anilines is 1. The molecule has 114 valence electrons. The Hall–Kier alpha value is -1.95. The van der Waals surface area contributed by atoms with Gasteiger partial charge in [-0.15, -0.1) is 0 Å². The van der Waals surface area contributed by atoms with Gasteiger partial charge >= 0.3 is 0 Å². The third-order valence-electron chi connectivity index (χ3n) is 4.19. The highest BCUT2D eigenvalue weighted by atomic mass is 19.1. The van der Waals surface area contributed by atoms with Crippen molar-refractivity contribution in [3.05, 3.63) is 29.1 Å². The predicted molar refractivity (Wildman–Crippen MR) is 78.2 cm³/mol. The molecule has 1 aliphatic carbocycles. The molecule has 21 heavy (non-hydrogen) atoms. The van der Waals surface area contributed by atoms with Gasteiger partial charge in [-0.2, -0.15) is 0 Å². The lowest BCUT2D eigenvalue weighted by atomic mass is 9.95. The highest BCUT2D eigenvalue weighted by Crippen LogP contribution is 2.32. The van der Waals surface area contributed by atoms with E-state index in [-0.39, 0.29) is 34.6 Å². The summed E-state index contributed by atoms with van der Waals surface area (Å²) in [5, 5.41) is 2.71. The minimum atomic E-state index is -0.731. The average Bonchev–Trinajstić information content (AvgIpc) is 2.91. The molecule has 2 rings (SSSR count). The average molecular weight is 293 g/mol. The fourth-order valence-corrected chi connectivity index (χ4v) is 2.84. The van der Waals surface area contributed by atoms with Crippen LogP contribution >= 0.6 is 0 Å². The van der Waals surface area contributed by atoms with Gasteiger partial charge in [-0.05, 0) is 44.4 Å². The molecule has 0 radical (unpaired) electrons. The summed E-state index contributed by atoms with van der Waals surface area (Å²) in [6.07, 6.45) is 2.68. The Morgan fingerprint density at radius 1 is 1.38 bits per heavy atom. The van der Waals surface area contributed by atoms with Crippen molar-refractivity contribution in [2.75, 3.05) is 11.9 Å². The van der Waals surface area contributed by atoms with Crippen LogP contribution in [0.3, 0.4) is 0 Å². The molecule has 0 heterocycles. The van der Waals surface area contributed by atoms with Crippen molar-refractivity contribution in [2.24, 2.45) is 23.3 Å². The van der Waals surface area contributed by atoms with E-state index in [1.54, 1.807) is 6.92 Å². The quantitative estimate of drug-likeness (QED) is 0.785. The lowest BCUT2D eigenvalue weighted by molar-refractivity contribution is -0.120. The zero-order valence-electron chi connectivity index (χ0n) is 12.0. The van der Waals surface area contributed by atoms with E-state index in [9.17, 15) is 14.0 Å². The fourth-order valence-electron chi connectivity index (χ4n) is 2.84. The van der Waals surface area contributed by atoms with Crippen LogP contribution in [0.1, 0.15) is 35.2 Å². The molecule has 0 spiro atoms. The topological polar surface area (TPSA) is 98.2 Å². The maximum absolute atomic E-state index is 13.8. The molecule has 6 heteroatoms. The van der Waals surface area contributed by atoms with Crippen LogP contribution in [0.15, 0.2) is 12.1 Å². The molecule has 2 atom stereocenters. The molecule has 5 N–H and O–H groups in total. The van der Waals surface area contributed by atoms with Crippen LogP contribution in [0.25, 0.3) is 0 Å². The number of carbonyl (C=O) groups excluding carboxylic acids is 2. The molecule has 2 amide bonds. The number of carbonyl (C=O) groups is 2. The van der Waals surface area contributed by atoms with Gasteiger partial charge in [0.1, 0.15) is 5.82 Å². The van der Waals surface area contributed by atoms with Gasteiger partial charge in [0.15, 0.2) is 0 Å². The smallest absolute Gasteiger partial charge is 0.248 e. The number of hydrogen-bond donors (Lipinski definition) is 3. The Kier molecular flexibility index (Phi) is 4.57. The number of primary amides is 1. The summed E-state index contributed by atoms with van der Waals surface area (Å²) >= 11 is 0. The number of nitrogens with one attached hydrogen (secondary N) is 1. The summed E-state index contributed by atoms with van der Waals surface area (Å²) in [4.78, 5) is 23.5. The molecular formula is C15H20FN3O2. The highest BCUT2D eigenvalue weighted by Gasteiger charge is 2.32. The molecule has 1 aromatic rings. The molecule has 1 aromatic carbocycles. The number of rotatable bonds is 4. The monoisotopic (exact) mass is 293 g/mol. The molecule has 1 saturated carbocycles. The summed E-state index contributed by atoms with van der Waals surface area (Å²) in [5.74, 6) is -1.47. The van der Waals surface area contributed by atoms with E-state index in [0.717, 1.165) is 25.3 Å². The summed E-state index contributed by atoms with van der Waals surface area (Å²) in [6, 6.07) is 2.48. The maximum Gasteiger partial charge on any atom is 0.248 e. The largest absolute Gasteiger partial charge is 0.366 e. The van der Waals surface area contributed by atoms with Gasteiger partial charge in [0.25, 0.3) is 0 Å². The van der Waals surface area contributed by atoms with Gasteiger partial charge in [0.2, 0.25) is 11.8 Å². The molecule has 0 saturated heterocycles. The lowest BCUT2D eigenvalue weighted by Gasteiger charge is -2.18. The Labute approximate surface area is 122 Å². The van der Waals surface area contributed by atoms with Crippen molar-refractivity contribution in [3.63, 3.8) is 0 Å². The van der Waals surface area contributed by atoms with Crippen molar-refractivity contribution in [1.82, 2.24) is 0 Å². The van der Waals surface area contributed by atoms with E-state index in [2.05, 4.69) is 5.32 Å². The van der Waals surface area contributed by atoms with Crippen molar-refractivity contribution in [2.45, 2.75) is 26.2 Å². The Morgan fingerprint density at radius 2 is 2.10 bits per heavy atom. The molecule has 0 aliphatic heterocycles. The van der Waals surface area contributed by atoms with Crippen LogP contribution in [0.4, 0.5) is 10.1 Å². The minimum absolute atomic E-state index is 0.0372. The van der Waals surface area contributed by atoms with Gasteiger partial charge in [-0.25, -0.2) is 4.39 Å². The molecule has 0 aromatic heterocycles. The number of benzene rings is 1. The molecule has 5 nitrogen and oxygen atoms in total. The van der Waals surface area contributed by atoms with E-state index in [4.69, 9.17) is 11.5 Å². The Balaban J connectivity index is 2.22. The van der Waals surface area contributed by atoms with Gasteiger partial charge in [0, 0.05) is 22.7 Å². The first-order chi connectivity index (χ1) is 9.93. The van der Waals surface area contributed by atoms with Crippen LogP contribution < -0.4 is 16.8 Å². The Morgan fingerprint density at radius 3 is 2.71 bits per heavy atom. The van der Waals surface area contributed by atoms with Crippen molar-refractivity contribution < 1.29 is 14.0 Å². The fraction of sp³-hybridized carbons (Fsp3) is 0.467. The van der Waals surface area contributed by atoms with Crippen LogP contribution in [-0.4, -0.2) is 18.4 Å². The molecule has 2 unspecified atom stereocenters. The predicted octanol–water partition coefficient (Wildman–Crippen LogP) is 1.55. The minimum Gasteiger partial charge on any atom is -0.366 e. The van der Waals surface area contributed by atoms with Crippen molar-refractivity contribution in [1.29, 1.82) is 0 Å². The second-order valence-electron chi connectivity index (χ2n) is 5.52. The number of amides is 2. The molecular weight excluding hydrogens is 273 g/mol. The van der Waals surface area contributed by atoms with Crippen LogP contribution in [-0.2, 0) is 4.79 Å². The maximum atomic E-state index is 13.8. The standard InChI is InChI=1S/C15H20FN3O2/c1-8-12(16)5-10(14(18)20)6-13(8)19-15(21)11-4-2-3-9(11)7-17/h5-6,9,11H,2-4,7,17H2,1H3,(H2,18,20)(H,19,21). The summed E-state index contributed by atoms with van der Waals surface area (Å²) in [7, 11) is 0. The van der Waals surface area contributed by atoms with Crippen molar-refractivity contribution >= 4 is 17.5 Å². The van der Waals surface area contributed by atoms with Gasteiger partial charge in [-0.3, -0.25) is 9.59 Å². The van der Waals surface area contributed by atoms with Crippen molar-refractivity contribution in [3.8, 4) is 0 Å². The second kappa shape index (κ2) is 6.22. The first-order valence-corrected chi connectivity index (χ1v) is 7.05. The summed E-state index contributed by atoms with van der Waals surface area (Å²) in [5.41, 5.74) is 11.4. The number of hydrogen-bond acceptors (Lipinski definition) is 3. The van der Waals surface area contributed by atoms with E-state index >= 15 is 0 Å². The first-order valence-electron chi connectivity index (χ1n) is 7.05. The summed E-state index contributed by atoms with van der Waals surface area (Å²) in [6.45, 7) is 2.01.